The molecule has 0 aliphatic rings. The molecular formula is C19H37N5O5S. The Hall–Kier alpha value is -1.85. The summed E-state index contributed by atoms with van der Waals surface area (Å²) in [5.41, 5.74) is 4.81. The monoisotopic (exact) mass is 447 g/mol. The Morgan fingerprint density at radius 1 is 0.967 bits per heavy atom. The second-order valence-electron chi connectivity index (χ2n) is 7.03. The number of aldehydes is 1. The van der Waals surface area contributed by atoms with Gasteiger partial charge in [-0.1, -0.05) is 6.42 Å². The number of hydrazine groups is 1. The molecule has 3 amide bonds. The smallest absolute Gasteiger partial charge is 0.329 e. The summed E-state index contributed by atoms with van der Waals surface area (Å²) in [5.74, 6) is -0.478. The van der Waals surface area contributed by atoms with Crippen molar-refractivity contribution in [3.05, 3.63) is 0 Å². The molecule has 0 aromatic rings. The highest BCUT2D eigenvalue weighted by Gasteiger charge is 2.15. The van der Waals surface area contributed by atoms with Crippen molar-refractivity contribution in [2.24, 2.45) is 5.92 Å². The van der Waals surface area contributed by atoms with E-state index in [0.717, 1.165) is 45.1 Å². The van der Waals surface area contributed by atoms with Crippen LogP contribution >= 0.6 is 12.6 Å². The lowest BCUT2D eigenvalue weighted by molar-refractivity contribution is -0.137. The summed E-state index contributed by atoms with van der Waals surface area (Å²) in [6.07, 6.45) is 5.77. The molecule has 0 aromatic heterocycles. The number of aliphatic carboxylic acids is 1. The molecule has 0 bridgehead atoms. The minimum atomic E-state index is -1.00. The van der Waals surface area contributed by atoms with Crippen LogP contribution in [0.25, 0.3) is 0 Å². The Morgan fingerprint density at radius 3 is 2.23 bits per heavy atom. The molecule has 0 aliphatic heterocycles. The fourth-order valence-corrected chi connectivity index (χ4v) is 2.99. The van der Waals surface area contributed by atoms with E-state index in [-0.39, 0.29) is 24.7 Å². The zero-order valence-electron chi connectivity index (χ0n) is 17.7. The first-order valence-corrected chi connectivity index (χ1v) is 11.1. The molecule has 2 atom stereocenters. The summed E-state index contributed by atoms with van der Waals surface area (Å²) in [6, 6.07) is -1.24. The number of carbonyl (C=O) groups is 4. The lowest BCUT2D eigenvalue weighted by Gasteiger charge is -2.15. The number of unbranched alkanes of at least 4 members (excludes halogenated alkanes) is 3. The van der Waals surface area contributed by atoms with Gasteiger partial charge < -0.3 is 25.9 Å². The zero-order chi connectivity index (χ0) is 22.6. The van der Waals surface area contributed by atoms with Gasteiger partial charge in [-0.25, -0.2) is 10.2 Å². The molecule has 174 valence electrons. The molecule has 30 heavy (non-hydrogen) atoms. The van der Waals surface area contributed by atoms with Crippen molar-refractivity contribution in [2.45, 2.75) is 57.4 Å². The number of carboxylic acid groups (broad SMARTS) is 1. The minimum absolute atomic E-state index is 0.0469. The zero-order valence-corrected chi connectivity index (χ0v) is 18.6. The van der Waals surface area contributed by atoms with E-state index in [1.165, 1.54) is 0 Å². The molecule has 0 aromatic carbocycles. The Bertz CT molecular complexity index is 510. The maximum absolute atomic E-state index is 12.1. The molecular weight excluding hydrogens is 410 g/mol. The van der Waals surface area contributed by atoms with Gasteiger partial charge in [0.15, 0.2) is 0 Å². The van der Waals surface area contributed by atoms with Crippen LogP contribution in [0.1, 0.15) is 51.4 Å². The first-order valence-electron chi connectivity index (χ1n) is 10.4. The van der Waals surface area contributed by atoms with Crippen LogP contribution in [-0.2, 0) is 14.4 Å². The number of hydrogen-bond acceptors (Lipinski definition) is 7. The van der Waals surface area contributed by atoms with Crippen LogP contribution in [0.2, 0.25) is 0 Å². The van der Waals surface area contributed by atoms with Gasteiger partial charge in [-0.3, -0.25) is 15.0 Å². The SMILES string of the molecule is CNCCCCC(CS)C(=O)NCCCCCNC(=O)NN[C@H](C=O)CCC(=O)O. The molecule has 0 saturated heterocycles. The average molecular weight is 448 g/mol. The normalized spacial score (nSPS) is 12.6. The van der Waals surface area contributed by atoms with Crippen LogP contribution < -0.4 is 26.8 Å². The number of carbonyl (C=O) groups excluding carboxylic acids is 3. The number of amides is 3. The molecule has 0 rings (SSSR count). The first kappa shape index (κ1) is 28.1. The van der Waals surface area contributed by atoms with Gasteiger partial charge in [0.05, 0.1) is 6.04 Å². The van der Waals surface area contributed by atoms with Gasteiger partial charge in [-0.2, -0.15) is 12.6 Å². The van der Waals surface area contributed by atoms with Crippen LogP contribution in [0, 0.1) is 5.92 Å². The highest BCUT2D eigenvalue weighted by atomic mass is 32.1. The molecule has 0 aliphatic carbocycles. The number of thiol groups is 1. The van der Waals surface area contributed by atoms with Crippen LogP contribution in [0.3, 0.4) is 0 Å². The minimum Gasteiger partial charge on any atom is -0.481 e. The Kier molecular flexibility index (Phi) is 18.0. The van der Waals surface area contributed by atoms with Gasteiger partial charge in [0.1, 0.15) is 6.29 Å². The van der Waals surface area contributed by atoms with Crippen LogP contribution in [-0.4, -0.2) is 67.8 Å². The Morgan fingerprint density at radius 2 is 1.63 bits per heavy atom. The van der Waals surface area contributed by atoms with E-state index in [4.69, 9.17) is 5.11 Å². The fraction of sp³-hybridized carbons (Fsp3) is 0.789. The number of hydrogen-bond donors (Lipinski definition) is 7. The largest absolute Gasteiger partial charge is 0.481 e. The summed E-state index contributed by atoms with van der Waals surface area (Å²) in [6.45, 7) is 2.00. The van der Waals surface area contributed by atoms with Crippen molar-refractivity contribution in [3.63, 3.8) is 0 Å². The lowest BCUT2D eigenvalue weighted by Crippen LogP contribution is -2.49. The number of urea groups is 1. The molecule has 0 spiro atoms. The lowest BCUT2D eigenvalue weighted by atomic mass is 10.0. The van der Waals surface area contributed by atoms with E-state index in [1.807, 2.05) is 7.05 Å². The molecule has 1 unspecified atom stereocenters. The van der Waals surface area contributed by atoms with Gasteiger partial charge >= 0.3 is 12.0 Å². The molecule has 0 radical (unpaired) electrons. The van der Waals surface area contributed by atoms with Gasteiger partial charge in [-0.05, 0) is 52.1 Å². The van der Waals surface area contributed by atoms with Crippen LogP contribution in [0.15, 0.2) is 0 Å². The van der Waals surface area contributed by atoms with Crippen LogP contribution in [0.5, 0.6) is 0 Å². The second-order valence-corrected chi connectivity index (χ2v) is 7.40. The van der Waals surface area contributed by atoms with Crippen LogP contribution in [0.4, 0.5) is 4.79 Å². The molecule has 6 N–H and O–H groups in total. The Labute approximate surface area is 184 Å². The average Bonchev–Trinajstić information content (AvgIpc) is 2.72. The predicted octanol–water partition coefficient (Wildman–Crippen LogP) is 0.445. The van der Waals surface area contributed by atoms with Crippen molar-refractivity contribution in [1.82, 2.24) is 26.8 Å². The predicted molar refractivity (Wildman–Crippen MR) is 118 cm³/mol. The fourth-order valence-electron chi connectivity index (χ4n) is 2.64. The van der Waals surface area contributed by atoms with Crippen molar-refractivity contribution in [3.8, 4) is 0 Å². The van der Waals surface area contributed by atoms with E-state index in [1.54, 1.807) is 0 Å². The van der Waals surface area contributed by atoms with Gasteiger partial charge in [-0.15, -0.1) is 0 Å². The van der Waals surface area contributed by atoms with E-state index in [2.05, 4.69) is 39.4 Å². The first-order chi connectivity index (χ1) is 14.4. The molecule has 0 saturated carbocycles. The molecule has 0 fully saturated rings. The van der Waals surface area contributed by atoms with E-state index in [9.17, 15) is 19.2 Å². The second kappa shape index (κ2) is 19.1. The van der Waals surface area contributed by atoms with Gasteiger partial charge in [0.2, 0.25) is 5.91 Å². The van der Waals surface area contributed by atoms with Crippen molar-refractivity contribution in [1.29, 1.82) is 0 Å². The van der Waals surface area contributed by atoms with E-state index >= 15 is 0 Å². The molecule has 0 heterocycles. The molecule has 11 heteroatoms. The number of nitrogens with one attached hydrogen (secondary N) is 5. The maximum atomic E-state index is 12.1. The summed E-state index contributed by atoms with van der Waals surface area (Å²) in [5, 5.41) is 17.3. The summed E-state index contributed by atoms with van der Waals surface area (Å²) < 4.78 is 0. The van der Waals surface area contributed by atoms with Gasteiger partial charge in [0.25, 0.3) is 0 Å². The Balaban J connectivity index is 3.73. The van der Waals surface area contributed by atoms with Crippen molar-refractivity contribution in [2.75, 3.05) is 32.4 Å². The van der Waals surface area contributed by atoms with Gasteiger partial charge in [0, 0.05) is 31.2 Å². The topological polar surface area (TPSA) is 149 Å². The molecule has 10 nitrogen and oxygen atoms in total. The third-order valence-corrected chi connectivity index (χ3v) is 4.90. The summed E-state index contributed by atoms with van der Waals surface area (Å²) >= 11 is 4.27. The third kappa shape index (κ3) is 16.0. The standard InChI is InChI=1S/C19H37N5O5S/c1-20-10-6-3-7-15(14-30)18(28)21-11-4-2-5-12-22-19(29)24-23-16(13-25)8-9-17(26)27/h13,15-16,20,23,30H,2-12,14H2,1H3,(H,21,28)(H,26,27)(H2,22,24,29)/t15?,16-/m0/s1. The number of carboxylic acids is 1. The quantitative estimate of drug-likeness (QED) is 0.0658. The summed E-state index contributed by atoms with van der Waals surface area (Å²) in [7, 11) is 1.91. The highest BCUT2D eigenvalue weighted by Crippen LogP contribution is 2.10. The highest BCUT2D eigenvalue weighted by molar-refractivity contribution is 7.80. The van der Waals surface area contributed by atoms with E-state index in [0.29, 0.717) is 25.1 Å². The number of rotatable bonds is 19. The van der Waals surface area contributed by atoms with E-state index < -0.39 is 18.0 Å². The summed E-state index contributed by atoms with van der Waals surface area (Å²) in [4.78, 5) is 45.1. The third-order valence-electron chi connectivity index (χ3n) is 4.46. The maximum Gasteiger partial charge on any atom is 0.329 e. The van der Waals surface area contributed by atoms with Crippen molar-refractivity contribution < 1.29 is 24.3 Å². The van der Waals surface area contributed by atoms with Crippen molar-refractivity contribution >= 4 is 36.8 Å².